The quantitative estimate of drug-likeness (QED) is 0.784. The predicted molar refractivity (Wildman–Crippen MR) is 72.5 cm³/mol. The van der Waals surface area contributed by atoms with Crippen LogP contribution in [0.25, 0.3) is 5.69 Å². The fourth-order valence-corrected chi connectivity index (χ4v) is 1.70. The van der Waals surface area contributed by atoms with E-state index in [2.05, 4.69) is 14.6 Å². The molecule has 22 heavy (non-hydrogen) atoms. The van der Waals surface area contributed by atoms with Crippen LogP contribution in [0.5, 0.6) is 0 Å². The van der Waals surface area contributed by atoms with Crippen molar-refractivity contribution in [2.45, 2.75) is 0 Å². The molecule has 0 spiro atoms. The second-order valence-corrected chi connectivity index (χ2v) is 4.12. The van der Waals surface area contributed by atoms with Gasteiger partial charge >= 0.3 is 11.9 Å². The number of benzene rings is 1. The summed E-state index contributed by atoms with van der Waals surface area (Å²) in [6.45, 7) is 0. The highest BCUT2D eigenvalue weighted by molar-refractivity contribution is 5.93. The van der Waals surface area contributed by atoms with Crippen molar-refractivity contribution in [3.63, 3.8) is 0 Å². The molecule has 0 aliphatic heterocycles. The molecule has 0 aliphatic rings. The number of ether oxygens (including phenoxy) is 2. The molecule has 1 aromatic heterocycles. The largest absolute Gasteiger partial charge is 0.465 e. The van der Waals surface area contributed by atoms with Crippen LogP contribution in [-0.2, 0) is 9.47 Å². The van der Waals surface area contributed by atoms with Gasteiger partial charge in [0.2, 0.25) is 11.1 Å². The van der Waals surface area contributed by atoms with Crippen molar-refractivity contribution in [2.75, 3.05) is 14.2 Å². The Balaban J connectivity index is 2.69. The molecule has 0 saturated heterocycles. The second kappa shape index (κ2) is 6.17. The average molecular weight is 306 g/mol. The van der Waals surface area contributed by atoms with Gasteiger partial charge in [0, 0.05) is 6.20 Å². The fraction of sp³-hybridized carbons (Fsp3) is 0.143. The standard InChI is InChI=1S/C14H11FN2O5/c1-21-13(19)10-7-17(9-5-3-8(15)4-6-9)16-11(12(10)18)14(20)22-2/h3-7H,1-2H3. The van der Waals surface area contributed by atoms with Crippen molar-refractivity contribution in [2.24, 2.45) is 0 Å². The zero-order valence-electron chi connectivity index (χ0n) is 11.7. The molecule has 0 unspecified atom stereocenters. The summed E-state index contributed by atoms with van der Waals surface area (Å²) in [5.41, 5.74) is -1.52. The highest BCUT2D eigenvalue weighted by atomic mass is 19.1. The summed E-state index contributed by atoms with van der Waals surface area (Å²) in [5, 5.41) is 3.82. The lowest BCUT2D eigenvalue weighted by Gasteiger charge is -2.09. The van der Waals surface area contributed by atoms with E-state index in [0.717, 1.165) is 25.1 Å². The first-order valence-corrected chi connectivity index (χ1v) is 6.04. The third-order valence-corrected chi connectivity index (χ3v) is 2.79. The van der Waals surface area contributed by atoms with Crippen molar-refractivity contribution in [3.8, 4) is 5.69 Å². The van der Waals surface area contributed by atoms with E-state index in [9.17, 15) is 18.8 Å². The molecule has 1 heterocycles. The lowest BCUT2D eigenvalue weighted by atomic mass is 10.2. The Kier molecular flexibility index (Phi) is 4.31. The smallest absolute Gasteiger partial charge is 0.362 e. The molecule has 2 rings (SSSR count). The van der Waals surface area contributed by atoms with Crippen LogP contribution in [-0.4, -0.2) is 35.9 Å². The van der Waals surface area contributed by atoms with Gasteiger partial charge in [-0.1, -0.05) is 0 Å². The summed E-state index contributed by atoms with van der Waals surface area (Å²) in [4.78, 5) is 35.4. The third-order valence-electron chi connectivity index (χ3n) is 2.79. The molecule has 114 valence electrons. The zero-order valence-corrected chi connectivity index (χ0v) is 11.7. The molecule has 0 fully saturated rings. The van der Waals surface area contributed by atoms with E-state index in [-0.39, 0.29) is 5.56 Å². The van der Waals surface area contributed by atoms with E-state index in [1.54, 1.807) is 0 Å². The molecule has 2 aromatic rings. The van der Waals surface area contributed by atoms with E-state index in [1.165, 1.54) is 24.3 Å². The minimum atomic E-state index is -0.994. The molecule has 0 aliphatic carbocycles. The van der Waals surface area contributed by atoms with Gasteiger partial charge in [0.05, 0.1) is 19.9 Å². The fourth-order valence-electron chi connectivity index (χ4n) is 1.70. The normalized spacial score (nSPS) is 10.1. The SMILES string of the molecule is COC(=O)c1cn(-c2ccc(F)cc2)nc(C(=O)OC)c1=O. The minimum absolute atomic E-state index is 0.344. The van der Waals surface area contributed by atoms with Crippen molar-refractivity contribution in [1.29, 1.82) is 0 Å². The molecule has 1 aromatic carbocycles. The first-order valence-electron chi connectivity index (χ1n) is 6.04. The van der Waals surface area contributed by atoms with Crippen molar-refractivity contribution < 1.29 is 23.5 Å². The number of hydrogen-bond donors (Lipinski definition) is 0. The average Bonchev–Trinajstić information content (AvgIpc) is 2.54. The maximum atomic E-state index is 13.0. The molecule has 0 saturated carbocycles. The number of nitrogens with zero attached hydrogens (tertiary/aromatic N) is 2. The van der Waals surface area contributed by atoms with Gasteiger partial charge in [0.1, 0.15) is 11.4 Å². The molecule has 0 radical (unpaired) electrons. The molecule has 0 bridgehead atoms. The van der Waals surface area contributed by atoms with Crippen LogP contribution in [0.1, 0.15) is 20.8 Å². The van der Waals surface area contributed by atoms with Gasteiger partial charge in [-0.2, -0.15) is 5.10 Å². The third kappa shape index (κ3) is 2.85. The van der Waals surface area contributed by atoms with E-state index in [4.69, 9.17) is 0 Å². The molecular formula is C14H11FN2O5. The Hall–Kier alpha value is -3.03. The number of esters is 2. The number of hydrogen-bond acceptors (Lipinski definition) is 6. The number of methoxy groups -OCH3 is 2. The van der Waals surface area contributed by atoms with Crippen LogP contribution in [0.2, 0.25) is 0 Å². The van der Waals surface area contributed by atoms with Gasteiger partial charge in [-0.25, -0.2) is 18.7 Å². The Morgan fingerprint density at radius 1 is 1.09 bits per heavy atom. The van der Waals surface area contributed by atoms with E-state index in [0.29, 0.717) is 5.69 Å². The topological polar surface area (TPSA) is 87.5 Å². The first-order chi connectivity index (χ1) is 10.5. The number of carbonyl (C=O) groups is 2. The summed E-state index contributed by atoms with van der Waals surface area (Å²) < 4.78 is 23.0. The van der Waals surface area contributed by atoms with Crippen molar-refractivity contribution in [3.05, 3.63) is 57.8 Å². The summed E-state index contributed by atoms with van der Waals surface area (Å²) in [7, 11) is 2.18. The number of carbonyl (C=O) groups excluding carboxylic acids is 2. The highest BCUT2D eigenvalue weighted by Gasteiger charge is 2.22. The maximum Gasteiger partial charge on any atom is 0.362 e. The van der Waals surface area contributed by atoms with Crippen molar-refractivity contribution in [1.82, 2.24) is 9.78 Å². The van der Waals surface area contributed by atoms with Crippen LogP contribution in [0.3, 0.4) is 0 Å². The van der Waals surface area contributed by atoms with Crippen LogP contribution < -0.4 is 5.43 Å². The molecule has 8 heteroatoms. The van der Waals surface area contributed by atoms with Gasteiger partial charge in [-0.15, -0.1) is 0 Å². The van der Waals surface area contributed by atoms with Crippen LogP contribution in [0.15, 0.2) is 35.3 Å². The molecule has 0 amide bonds. The summed E-state index contributed by atoms with van der Waals surface area (Å²) in [5.74, 6) is -2.38. The van der Waals surface area contributed by atoms with E-state index < -0.39 is 28.9 Å². The summed E-state index contributed by atoms with van der Waals surface area (Å²) in [6.07, 6.45) is 1.11. The Morgan fingerprint density at radius 3 is 2.23 bits per heavy atom. The van der Waals surface area contributed by atoms with Gasteiger partial charge in [-0.3, -0.25) is 4.79 Å². The zero-order chi connectivity index (χ0) is 16.3. The molecule has 0 atom stereocenters. The lowest BCUT2D eigenvalue weighted by Crippen LogP contribution is -2.28. The Morgan fingerprint density at radius 2 is 1.68 bits per heavy atom. The second-order valence-electron chi connectivity index (χ2n) is 4.12. The van der Waals surface area contributed by atoms with Gasteiger partial charge < -0.3 is 9.47 Å². The Bertz CT molecular complexity index is 743. The molecular weight excluding hydrogens is 295 g/mol. The highest BCUT2D eigenvalue weighted by Crippen LogP contribution is 2.09. The molecule has 0 N–H and O–H groups in total. The molecule has 7 nitrogen and oxygen atoms in total. The van der Waals surface area contributed by atoms with Gasteiger partial charge in [0.25, 0.3) is 0 Å². The van der Waals surface area contributed by atoms with E-state index >= 15 is 0 Å². The predicted octanol–water partition coefficient (Wildman–Crippen LogP) is 0.945. The monoisotopic (exact) mass is 306 g/mol. The maximum absolute atomic E-state index is 13.0. The first kappa shape index (κ1) is 15.4. The number of halogens is 1. The summed E-state index contributed by atoms with van der Waals surface area (Å²) >= 11 is 0. The van der Waals surface area contributed by atoms with Crippen LogP contribution in [0.4, 0.5) is 4.39 Å². The number of rotatable bonds is 3. The van der Waals surface area contributed by atoms with Crippen LogP contribution in [0, 0.1) is 5.82 Å². The Labute approximate surface area is 123 Å². The summed E-state index contributed by atoms with van der Waals surface area (Å²) in [6, 6.07) is 5.08. The van der Waals surface area contributed by atoms with Gasteiger partial charge in [0.15, 0.2) is 0 Å². The minimum Gasteiger partial charge on any atom is -0.465 e. The lowest BCUT2D eigenvalue weighted by molar-refractivity contribution is 0.0587. The van der Waals surface area contributed by atoms with Gasteiger partial charge in [-0.05, 0) is 24.3 Å². The number of aromatic nitrogens is 2. The van der Waals surface area contributed by atoms with Crippen LogP contribution >= 0.6 is 0 Å². The van der Waals surface area contributed by atoms with E-state index in [1.807, 2.05) is 0 Å². The van der Waals surface area contributed by atoms with Crippen molar-refractivity contribution >= 4 is 11.9 Å².